The molecule has 2 N–H and O–H groups in total. The molecule has 0 aromatic heterocycles. The van der Waals surface area contributed by atoms with Gasteiger partial charge in [0.25, 0.3) is 0 Å². The van der Waals surface area contributed by atoms with E-state index < -0.39 is 5.97 Å². The van der Waals surface area contributed by atoms with E-state index in [2.05, 4.69) is 20.2 Å². The van der Waals surface area contributed by atoms with E-state index in [0.29, 0.717) is 0 Å². The van der Waals surface area contributed by atoms with Gasteiger partial charge >= 0.3 is 43.2 Å². The summed E-state index contributed by atoms with van der Waals surface area (Å²) < 4.78 is 3.70. The van der Waals surface area contributed by atoms with Crippen LogP contribution >= 0.6 is 0 Å². The normalized spacial score (nSPS) is 7.83. The minimum absolute atomic E-state index is 0.141. The zero-order valence-electron chi connectivity index (χ0n) is 2.90. The first-order valence-electron chi connectivity index (χ1n) is 1.29. The molecule has 3 nitrogen and oxygen atoms in total. The third kappa shape index (κ3) is 2.20. The van der Waals surface area contributed by atoms with Crippen LogP contribution in [0.4, 0.5) is 0 Å². The molecular formula is C2H4CuNO2. The minimum atomic E-state index is -0.574. The second-order valence-electron chi connectivity index (χ2n) is 0.638. The van der Waals surface area contributed by atoms with E-state index >= 15 is 0 Å². The maximum atomic E-state index is 9.72. The predicted octanol–water partition coefficient (Wildman–Crippen LogP) is -1.05. The van der Waals surface area contributed by atoms with Crippen LogP contribution in [0.3, 0.4) is 0 Å². The summed E-state index contributed by atoms with van der Waals surface area (Å²) in [6.45, 7) is -0.141. The fourth-order valence-corrected chi connectivity index (χ4v) is 0.104. The second-order valence-corrected chi connectivity index (χ2v) is 0.830. The Bertz CT molecular complexity index is 49.5. The summed E-state index contributed by atoms with van der Waals surface area (Å²) in [5, 5.41) is 0. The maximum absolute atomic E-state index is 9.72. The van der Waals surface area contributed by atoms with Crippen molar-refractivity contribution in [3.63, 3.8) is 0 Å². The van der Waals surface area contributed by atoms with Gasteiger partial charge in [0.05, 0.1) is 0 Å². The molecule has 0 radical (unpaired) electrons. The van der Waals surface area contributed by atoms with Crippen LogP contribution in [0.1, 0.15) is 0 Å². The molecular weight excluding hydrogens is 134 g/mol. The van der Waals surface area contributed by atoms with Gasteiger partial charge in [0.1, 0.15) is 0 Å². The van der Waals surface area contributed by atoms with Crippen molar-refractivity contribution >= 4 is 5.97 Å². The van der Waals surface area contributed by atoms with Crippen molar-refractivity contribution in [1.29, 1.82) is 0 Å². The zero-order chi connectivity index (χ0) is 4.99. The molecule has 0 saturated carbocycles. The second kappa shape index (κ2) is 3.15. The van der Waals surface area contributed by atoms with Crippen LogP contribution in [0.2, 0.25) is 0 Å². The monoisotopic (exact) mass is 137 g/mol. The molecule has 6 heavy (non-hydrogen) atoms. The van der Waals surface area contributed by atoms with Crippen molar-refractivity contribution in [3.8, 4) is 0 Å². The van der Waals surface area contributed by atoms with Crippen molar-refractivity contribution in [1.82, 2.24) is 0 Å². The van der Waals surface area contributed by atoms with E-state index in [0.717, 1.165) is 0 Å². The predicted molar refractivity (Wildman–Crippen MR) is 15.1 cm³/mol. The number of carbonyl (C=O) groups is 1. The van der Waals surface area contributed by atoms with Crippen LogP contribution in [0.25, 0.3) is 0 Å². The summed E-state index contributed by atoms with van der Waals surface area (Å²) in [4.78, 5) is 9.72. The van der Waals surface area contributed by atoms with Gasteiger partial charge in [0.2, 0.25) is 0 Å². The standard InChI is InChI=1S/C2H5NO2.Cu/c3-1-2(4)5;/h1,3H2,(H,4,5);/q;+1/p-1. The molecule has 0 atom stereocenters. The van der Waals surface area contributed by atoms with Crippen molar-refractivity contribution < 1.29 is 25.0 Å². The summed E-state index contributed by atoms with van der Waals surface area (Å²) in [6.07, 6.45) is 0. The fraction of sp³-hybridized carbons (Fsp3) is 0.500. The number of rotatable bonds is 1. The van der Waals surface area contributed by atoms with Gasteiger partial charge in [-0.3, -0.25) is 0 Å². The topological polar surface area (TPSA) is 52.3 Å². The first kappa shape index (κ1) is 5.95. The summed E-state index contributed by atoms with van der Waals surface area (Å²) in [7, 11) is 0. The molecule has 0 aromatic carbocycles. The van der Waals surface area contributed by atoms with Crippen LogP contribution in [-0.2, 0) is 25.0 Å². The molecule has 0 aliphatic carbocycles. The Morgan fingerprint density at radius 3 is 2.50 bits per heavy atom. The molecule has 40 valence electrons. The molecule has 0 saturated heterocycles. The Morgan fingerprint density at radius 2 is 2.50 bits per heavy atom. The number of nitrogens with two attached hydrogens (primary N) is 1. The van der Waals surface area contributed by atoms with Gasteiger partial charge in [-0.1, -0.05) is 0 Å². The average molecular weight is 138 g/mol. The first-order valence-corrected chi connectivity index (χ1v) is 1.68. The van der Waals surface area contributed by atoms with Crippen molar-refractivity contribution in [2.24, 2.45) is 5.73 Å². The van der Waals surface area contributed by atoms with Gasteiger partial charge < -0.3 is 0 Å². The Kier molecular flexibility index (Phi) is 3.12. The quantitative estimate of drug-likeness (QED) is 0.470. The van der Waals surface area contributed by atoms with Gasteiger partial charge in [-0.05, 0) is 0 Å². The van der Waals surface area contributed by atoms with Crippen LogP contribution < -0.4 is 5.73 Å². The molecule has 0 rings (SSSR count). The van der Waals surface area contributed by atoms with E-state index in [-0.39, 0.29) is 6.54 Å². The first-order chi connectivity index (χ1) is 2.81. The Labute approximate surface area is 44.0 Å². The average Bonchev–Trinajstić information content (AvgIpc) is 1.65. The number of hydrogen-bond donors (Lipinski definition) is 1. The third-order valence-corrected chi connectivity index (χ3v) is 0.450. The van der Waals surface area contributed by atoms with E-state index in [1.807, 2.05) is 0 Å². The number of carbonyl (C=O) groups excluding carboxylic acids is 1. The molecule has 4 heteroatoms. The molecule has 0 aliphatic rings. The van der Waals surface area contributed by atoms with Gasteiger partial charge in [0, 0.05) is 0 Å². The van der Waals surface area contributed by atoms with E-state index in [4.69, 9.17) is 5.73 Å². The molecule has 0 spiro atoms. The third-order valence-electron chi connectivity index (χ3n) is 0.235. The van der Waals surface area contributed by atoms with Gasteiger partial charge in [-0.15, -0.1) is 0 Å². The molecule has 0 heterocycles. The van der Waals surface area contributed by atoms with Crippen LogP contribution in [0.15, 0.2) is 0 Å². The Balaban J connectivity index is 2.99. The molecule has 0 bridgehead atoms. The van der Waals surface area contributed by atoms with E-state index in [1.54, 1.807) is 0 Å². The van der Waals surface area contributed by atoms with Gasteiger partial charge in [-0.25, -0.2) is 0 Å². The summed E-state index contributed by atoms with van der Waals surface area (Å²) in [5.74, 6) is -0.574. The summed E-state index contributed by atoms with van der Waals surface area (Å²) >= 11 is 3.97. The Hall–Kier alpha value is -0.0505. The molecule has 0 aliphatic heterocycles. The fourth-order valence-electron chi connectivity index (χ4n) is 0.0251. The Morgan fingerprint density at radius 1 is 2.00 bits per heavy atom. The van der Waals surface area contributed by atoms with Gasteiger partial charge in [0.15, 0.2) is 0 Å². The number of hydrogen-bond acceptors (Lipinski definition) is 3. The van der Waals surface area contributed by atoms with Crippen LogP contribution in [0, 0.1) is 0 Å². The van der Waals surface area contributed by atoms with Crippen molar-refractivity contribution in [2.45, 2.75) is 0 Å². The summed E-state index contributed by atoms with van der Waals surface area (Å²) in [5.41, 5.74) is 4.74. The van der Waals surface area contributed by atoms with Crippen molar-refractivity contribution in [3.05, 3.63) is 0 Å². The van der Waals surface area contributed by atoms with Gasteiger partial charge in [-0.2, -0.15) is 0 Å². The van der Waals surface area contributed by atoms with Crippen LogP contribution in [-0.4, -0.2) is 12.5 Å². The van der Waals surface area contributed by atoms with E-state index in [9.17, 15) is 4.79 Å². The zero-order valence-corrected chi connectivity index (χ0v) is 3.84. The van der Waals surface area contributed by atoms with Crippen LogP contribution in [0.5, 0.6) is 0 Å². The van der Waals surface area contributed by atoms with E-state index in [1.165, 1.54) is 0 Å². The molecule has 0 aromatic rings. The molecule has 0 fully saturated rings. The van der Waals surface area contributed by atoms with Crippen molar-refractivity contribution in [2.75, 3.05) is 6.54 Å². The summed E-state index contributed by atoms with van der Waals surface area (Å²) in [6, 6.07) is 0. The molecule has 0 amide bonds. The SMILES string of the molecule is NCC(=O)[O][Cu]. The molecule has 0 unspecified atom stereocenters.